The van der Waals surface area contributed by atoms with Crippen LogP contribution in [-0.4, -0.2) is 45.9 Å². The quantitative estimate of drug-likeness (QED) is 0.714. The van der Waals surface area contributed by atoms with Crippen molar-refractivity contribution in [3.63, 3.8) is 0 Å². The summed E-state index contributed by atoms with van der Waals surface area (Å²) in [5.74, 6) is 0.903. The van der Waals surface area contributed by atoms with Gasteiger partial charge in [0.25, 0.3) is 10.2 Å². The molecule has 0 radical (unpaired) electrons. The summed E-state index contributed by atoms with van der Waals surface area (Å²) >= 11 is 0. The Morgan fingerprint density at radius 3 is 2.22 bits per heavy atom. The van der Waals surface area contributed by atoms with Crippen molar-refractivity contribution >= 4 is 22.6 Å². The normalized spacial score (nSPS) is 25.7. The number of piperidine rings is 1. The van der Waals surface area contributed by atoms with Crippen LogP contribution in [0.5, 0.6) is 0 Å². The van der Waals surface area contributed by atoms with Crippen molar-refractivity contribution in [2.45, 2.75) is 26.7 Å². The maximum absolute atomic E-state index is 12.0. The predicted octanol–water partition coefficient (Wildman–Crippen LogP) is 0.830. The first-order chi connectivity index (χ1) is 7.95. The Bertz CT molecular complexity index is 314. The minimum Gasteiger partial charge on any atom is -0.320 e. The van der Waals surface area contributed by atoms with Gasteiger partial charge in [0.2, 0.25) is 0 Å². The van der Waals surface area contributed by atoms with Gasteiger partial charge in [0.05, 0.1) is 0 Å². The van der Waals surface area contributed by atoms with Crippen LogP contribution < -0.4 is 10.0 Å². The standard InChI is InChI=1S/C11H25N3O2S.ClH/c1-10-7-11(2)9-14(8-10)17(15,16)13-6-4-5-12-3;/h10-13H,4-9H2,1-3H3;1H. The molecule has 0 bridgehead atoms. The second kappa shape index (κ2) is 8.32. The number of hydrogen-bond donors (Lipinski definition) is 2. The third-order valence-electron chi connectivity index (χ3n) is 3.06. The second-order valence-corrected chi connectivity index (χ2v) is 6.87. The van der Waals surface area contributed by atoms with E-state index in [1.165, 1.54) is 0 Å². The summed E-state index contributed by atoms with van der Waals surface area (Å²) in [5.41, 5.74) is 0. The van der Waals surface area contributed by atoms with Crippen molar-refractivity contribution < 1.29 is 8.42 Å². The minimum absolute atomic E-state index is 0. The third-order valence-corrected chi connectivity index (χ3v) is 4.61. The van der Waals surface area contributed by atoms with Gasteiger partial charge in [0, 0.05) is 19.6 Å². The van der Waals surface area contributed by atoms with Gasteiger partial charge in [-0.2, -0.15) is 12.7 Å². The van der Waals surface area contributed by atoms with Crippen LogP contribution in [0, 0.1) is 11.8 Å². The van der Waals surface area contributed by atoms with Gasteiger partial charge < -0.3 is 5.32 Å². The Balaban J connectivity index is 0.00000289. The molecule has 0 aliphatic carbocycles. The average molecular weight is 300 g/mol. The van der Waals surface area contributed by atoms with Crippen molar-refractivity contribution in [3.8, 4) is 0 Å². The van der Waals surface area contributed by atoms with E-state index in [1.807, 2.05) is 7.05 Å². The molecule has 1 fully saturated rings. The fourth-order valence-corrected chi connectivity index (χ4v) is 3.85. The lowest BCUT2D eigenvalue weighted by molar-refractivity contribution is 0.220. The van der Waals surface area contributed by atoms with Crippen molar-refractivity contribution in [2.75, 3.05) is 33.2 Å². The van der Waals surface area contributed by atoms with Crippen molar-refractivity contribution in [1.82, 2.24) is 14.3 Å². The molecule has 1 saturated heterocycles. The number of hydrogen-bond acceptors (Lipinski definition) is 3. The molecule has 1 aliphatic heterocycles. The van der Waals surface area contributed by atoms with E-state index < -0.39 is 10.2 Å². The van der Waals surface area contributed by atoms with Crippen LogP contribution in [-0.2, 0) is 10.2 Å². The second-order valence-electron chi connectivity index (χ2n) is 5.12. The first-order valence-corrected chi connectivity index (χ1v) is 7.79. The van der Waals surface area contributed by atoms with Crippen LogP contribution in [0.1, 0.15) is 26.7 Å². The van der Waals surface area contributed by atoms with Crippen LogP contribution in [0.3, 0.4) is 0 Å². The SMILES string of the molecule is CNCCCNS(=O)(=O)N1CC(C)CC(C)C1.Cl. The zero-order chi connectivity index (χ0) is 12.9. The largest absolute Gasteiger partial charge is 0.320 e. The smallest absolute Gasteiger partial charge is 0.279 e. The third kappa shape index (κ3) is 5.84. The Morgan fingerprint density at radius 1 is 1.17 bits per heavy atom. The lowest BCUT2D eigenvalue weighted by Gasteiger charge is -2.33. The number of halogens is 1. The monoisotopic (exact) mass is 299 g/mol. The van der Waals surface area contributed by atoms with Crippen LogP contribution in [0.2, 0.25) is 0 Å². The molecule has 5 nitrogen and oxygen atoms in total. The van der Waals surface area contributed by atoms with Gasteiger partial charge in [-0.25, -0.2) is 4.72 Å². The lowest BCUT2D eigenvalue weighted by atomic mass is 9.94. The van der Waals surface area contributed by atoms with Crippen LogP contribution in [0.25, 0.3) is 0 Å². The molecule has 0 amide bonds. The average Bonchev–Trinajstić information content (AvgIpc) is 2.23. The van der Waals surface area contributed by atoms with E-state index in [1.54, 1.807) is 4.31 Å². The van der Waals surface area contributed by atoms with E-state index in [2.05, 4.69) is 23.9 Å². The van der Waals surface area contributed by atoms with E-state index in [4.69, 9.17) is 0 Å². The van der Waals surface area contributed by atoms with Crippen LogP contribution in [0.15, 0.2) is 0 Å². The Labute approximate surface area is 117 Å². The van der Waals surface area contributed by atoms with Gasteiger partial charge in [-0.05, 0) is 38.3 Å². The fourth-order valence-electron chi connectivity index (χ4n) is 2.36. The molecular formula is C11H26ClN3O2S. The number of nitrogens with one attached hydrogen (secondary N) is 2. The molecule has 0 aromatic heterocycles. The molecule has 110 valence electrons. The van der Waals surface area contributed by atoms with Crippen molar-refractivity contribution in [1.29, 1.82) is 0 Å². The summed E-state index contributed by atoms with van der Waals surface area (Å²) < 4.78 is 28.3. The Morgan fingerprint density at radius 2 is 1.72 bits per heavy atom. The molecule has 18 heavy (non-hydrogen) atoms. The Hall–Kier alpha value is 0.120. The first kappa shape index (κ1) is 18.1. The maximum atomic E-state index is 12.0. The fraction of sp³-hybridized carbons (Fsp3) is 1.00. The van der Waals surface area contributed by atoms with Crippen molar-refractivity contribution in [2.24, 2.45) is 11.8 Å². The van der Waals surface area contributed by atoms with Gasteiger partial charge >= 0.3 is 0 Å². The maximum Gasteiger partial charge on any atom is 0.279 e. The van der Waals surface area contributed by atoms with Crippen LogP contribution >= 0.6 is 12.4 Å². The summed E-state index contributed by atoms with van der Waals surface area (Å²) in [6, 6.07) is 0. The zero-order valence-corrected chi connectivity index (χ0v) is 13.1. The molecule has 1 aliphatic rings. The minimum atomic E-state index is -3.27. The van der Waals surface area contributed by atoms with Crippen LogP contribution in [0.4, 0.5) is 0 Å². The summed E-state index contributed by atoms with van der Waals surface area (Å²) in [7, 11) is -1.41. The summed E-state index contributed by atoms with van der Waals surface area (Å²) in [5, 5.41) is 3.00. The van der Waals surface area contributed by atoms with E-state index in [0.29, 0.717) is 31.5 Å². The molecule has 2 N–H and O–H groups in total. The molecule has 1 rings (SSSR count). The van der Waals surface area contributed by atoms with Gasteiger partial charge in [-0.1, -0.05) is 13.8 Å². The lowest BCUT2D eigenvalue weighted by Crippen LogP contribution is -2.48. The highest BCUT2D eigenvalue weighted by Gasteiger charge is 2.29. The molecule has 0 aromatic carbocycles. The number of nitrogens with zero attached hydrogens (tertiary/aromatic N) is 1. The molecule has 0 saturated carbocycles. The van der Waals surface area contributed by atoms with E-state index >= 15 is 0 Å². The summed E-state index contributed by atoms with van der Waals surface area (Å²) in [6.45, 7) is 6.84. The molecular weight excluding hydrogens is 274 g/mol. The highest BCUT2D eigenvalue weighted by molar-refractivity contribution is 7.87. The predicted molar refractivity (Wildman–Crippen MR) is 77.2 cm³/mol. The topological polar surface area (TPSA) is 61.4 Å². The zero-order valence-electron chi connectivity index (χ0n) is 11.5. The molecule has 7 heteroatoms. The first-order valence-electron chi connectivity index (χ1n) is 6.35. The van der Waals surface area contributed by atoms with Gasteiger partial charge in [-0.15, -0.1) is 12.4 Å². The summed E-state index contributed by atoms with van der Waals surface area (Å²) in [6.07, 6.45) is 1.93. The highest BCUT2D eigenvalue weighted by atomic mass is 35.5. The van der Waals surface area contributed by atoms with Gasteiger partial charge in [0.1, 0.15) is 0 Å². The molecule has 2 unspecified atom stereocenters. The molecule has 2 atom stereocenters. The summed E-state index contributed by atoms with van der Waals surface area (Å²) in [4.78, 5) is 0. The van der Waals surface area contributed by atoms with Gasteiger partial charge in [0.15, 0.2) is 0 Å². The molecule has 0 aromatic rings. The molecule has 0 spiro atoms. The van der Waals surface area contributed by atoms with Gasteiger partial charge in [-0.3, -0.25) is 0 Å². The van der Waals surface area contributed by atoms with Crippen molar-refractivity contribution in [3.05, 3.63) is 0 Å². The highest BCUT2D eigenvalue weighted by Crippen LogP contribution is 2.22. The molecule has 1 heterocycles. The van der Waals surface area contributed by atoms with E-state index in [0.717, 1.165) is 19.4 Å². The number of rotatable bonds is 6. The van der Waals surface area contributed by atoms with E-state index in [9.17, 15) is 8.42 Å². The Kier molecular flexibility index (Phi) is 8.38. The van der Waals surface area contributed by atoms with E-state index in [-0.39, 0.29) is 12.4 Å².